The van der Waals surface area contributed by atoms with Crippen LogP contribution in [0.25, 0.3) is 0 Å². The predicted molar refractivity (Wildman–Crippen MR) is 75.7 cm³/mol. The molecule has 0 bridgehead atoms. The van der Waals surface area contributed by atoms with E-state index in [1.807, 2.05) is 6.92 Å². The summed E-state index contributed by atoms with van der Waals surface area (Å²) in [5.41, 5.74) is 0. The molecule has 1 aliphatic heterocycles. The minimum absolute atomic E-state index is 0.0161. The average Bonchev–Trinajstić information content (AvgIpc) is 2.39. The minimum atomic E-state index is -3.56. The number of ether oxygens (including phenoxy) is 1. The van der Waals surface area contributed by atoms with Crippen molar-refractivity contribution in [2.24, 2.45) is 0 Å². The van der Waals surface area contributed by atoms with Crippen molar-refractivity contribution in [3.05, 3.63) is 16.7 Å². The second-order valence-corrected chi connectivity index (χ2v) is 7.40. The monoisotopic (exact) mass is 348 g/mol. The Hall–Kier alpha value is -0.660. The number of rotatable bonds is 3. The smallest absolute Gasteiger partial charge is 0.248 e. The number of pyridine rings is 1. The predicted octanol–water partition coefficient (Wildman–Crippen LogP) is 2.42. The molecule has 0 spiro atoms. The molecule has 0 N–H and O–H groups in total. The van der Waals surface area contributed by atoms with E-state index in [0.29, 0.717) is 11.0 Å². The van der Waals surface area contributed by atoms with E-state index < -0.39 is 10.0 Å². The molecule has 1 aliphatic rings. The highest BCUT2D eigenvalue weighted by molar-refractivity contribution is 9.10. The summed E-state index contributed by atoms with van der Waals surface area (Å²) in [5.74, 6) is 0.140. The lowest BCUT2D eigenvalue weighted by Gasteiger charge is -2.32. The van der Waals surface area contributed by atoms with Crippen molar-refractivity contribution in [3.63, 3.8) is 0 Å². The second-order valence-electron chi connectivity index (χ2n) is 4.62. The summed E-state index contributed by atoms with van der Waals surface area (Å²) >= 11 is 3.26. The van der Waals surface area contributed by atoms with Crippen LogP contribution in [0.1, 0.15) is 26.2 Å². The SMILES string of the molecule is COc1ncc(Br)cc1S(=O)(=O)N1CCCCC1C. The van der Waals surface area contributed by atoms with Gasteiger partial charge in [-0.25, -0.2) is 13.4 Å². The van der Waals surface area contributed by atoms with E-state index in [2.05, 4.69) is 20.9 Å². The third-order valence-corrected chi connectivity index (χ3v) is 5.75. The molecule has 1 atom stereocenters. The molecule has 2 rings (SSSR count). The van der Waals surface area contributed by atoms with Crippen LogP contribution in [-0.2, 0) is 10.0 Å². The van der Waals surface area contributed by atoms with Gasteiger partial charge in [-0.1, -0.05) is 6.42 Å². The van der Waals surface area contributed by atoms with Gasteiger partial charge in [-0.3, -0.25) is 0 Å². The third kappa shape index (κ3) is 2.93. The number of methoxy groups -OCH3 is 1. The molecule has 7 heteroatoms. The van der Waals surface area contributed by atoms with Gasteiger partial charge >= 0.3 is 0 Å². The Morgan fingerprint density at radius 1 is 1.47 bits per heavy atom. The van der Waals surface area contributed by atoms with Crippen molar-refractivity contribution < 1.29 is 13.2 Å². The Labute approximate surface area is 122 Å². The molecule has 19 heavy (non-hydrogen) atoms. The molecule has 1 saturated heterocycles. The molecule has 0 radical (unpaired) electrons. The molecule has 0 amide bonds. The summed E-state index contributed by atoms with van der Waals surface area (Å²) in [6.07, 6.45) is 4.38. The Morgan fingerprint density at radius 3 is 2.84 bits per heavy atom. The van der Waals surface area contributed by atoms with Crippen molar-refractivity contribution in [1.82, 2.24) is 9.29 Å². The maximum atomic E-state index is 12.7. The van der Waals surface area contributed by atoms with Crippen molar-refractivity contribution in [2.75, 3.05) is 13.7 Å². The topological polar surface area (TPSA) is 59.5 Å². The van der Waals surface area contributed by atoms with Crippen LogP contribution in [0.15, 0.2) is 21.6 Å². The van der Waals surface area contributed by atoms with Gasteiger partial charge in [0.1, 0.15) is 4.90 Å². The largest absolute Gasteiger partial charge is 0.480 e. The van der Waals surface area contributed by atoms with E-state index in [9.17, 15) is 8.42 Å². The number of nitrogens with zero attached hydrogens (tertiary/aromatic N) is 2. The van der Waals surface area contributed by atoms with Crippen molar-refractivity contribution in [2.45, 2.75) is 37.1 Å². The van der Waals surface area contributed by atoms with Crippen molar-refractivity contribution >= 4 is 26.0 Å². The van der Waals surface area contributed by atoms with Gasteiger partial charge in [0, 0.05) is 23.3 Å². The molecule has 0 aromatic carbocycles. The lowest BCUT2D eigenvalue weighted by atomic mass is 10.1. The fraction of sp³-hybridized carbons (Fsp3) is 0.583. The molecular formula is C12H17BrN2O3S. The number of aromatic nitrogens is 1. The van der Waals surface area contributed by atoms with Crippen LogP contribution < -0.4 is 4.74 Å². The number of piperidine rings is 1. The quantitative estimate of drug-likeness (QED) is 0.841. The van der Waals surface area contributed by atoms with Crippen molar-refractivity contribution in [3.8, 4) is 5.88 Å². The average molecular weight is 349 g/mol. The fourth-order valence-corrected chi connectivity index (χ4v) is 4.62. The standard InChI is InChI=1S/C12H17BrN2O3S/c1-9-5-3-4-6-15(9)19(16,17)11-7-10(13)8-14-12(11)18-2/h7-9H,3-6H2,1-2H3. The maximum absolute atomic E-state index is 12.7. The summed E-state index contributed by atoms with van der Waals surface area (Å²) in [7, 11) is -2.14. The first-order valence-corrected chi connectivity index (χ1v) is 8.41. The van der Waals surface area contributed by atoms with Gasteiger partial charge in [0.2, 0.25) is 15.9 Å². The maximum Gasteiger partial charge on any atom is 0.248 e. The van der Waals surface area contributed by atoms with E-state index in [0.717, 1.165) is 19.3 Å². The zero-order valence-corrected chi connectivity index (χ0v) is 13.4. The molecule has 0 aliphatic carbocycles. The fourth-order valence-electron chi connectivity index (χ4n) is 2.30. The van der Waals surface area contributed by atoms with E-state index in [1.54, 1.807) is 10.4 Å². The minimum Gasteiger partial charge on any atom is -0.480 e. The number of hydrogen-bond donors (Lipinski definition) is 0. The van der Waals surface area contributed by atoms with E-state index in [4.69, 9.17) is 4.74 Å². The molecule has 1 aromatic heterocycles. The van der Waals surface area contributed by atoms with Gasteiger partial charge in [0.25, 0.3) is 0 Å². The highest BCUT2D eigenvalue weighted by Crippen LogP contribution is 2.31. The zero-order chi connectivity index (χ0) is 14.0. The Morgan fingerprint density at radius 2 is 2.21 bits per heavy atom. The van der Waals surface area contributed by atoms with Crippen molar-refractivity contribution in [1.29, 1.82) is 0 Å². The van der Waals surface area contributed by atoms with Gasteiger partial charge < -0.3 is 4.74 Å². The third-order valence-electron chi connectivity index (χ3n) is 3.31. The number of hydrogen-bond acceptors (Lipinski definition) is 4. The van der Waals surface area contributed by atoms with Crippen LogP contribution in [0.5, 0.6) is 5.88 Å². The Bertz CT molecular complexity index is 562. The molecule has 0 saturated carbocycles. The van der Waals surface area contributed by atoms with Crippen LogP contribution in [0.3, 0.4) is 0 Å². The van der Waals surface area contributed by atoms with E-state index in [1.165, 1.54) is 13.3 Å². The number of sulfonamides is 1. The molecule has 1 unspecified atom stereocenters. The van der Waals surface area contributed by atoms with Crippen LogP contribution in [0.2, 0.25) is 0 Å². The summed E-state index contributed by atoms with van der Waals surface area (Å²) in [5, 5.41) is 0. The summed E-state index contributed by atoms with van der Waals surface area (Å²) < 4.78 is 32.7. The summed E-state index contributed by atoms with van der Waals surface area (Å²) in [4.78, 5) is 4.13. The zero-order valence-electron chi connectivity index (χ0n) is 11.0. The molecular weight excluding hydrogens is 332 g/mol. The highest BCUT2D eigenvalue weighted by Gasteiger charge is 2.33. The van der Waals surface area contributed by atoms with E-state index >= 15 is 0 Å². The Kier molecular flexibility index (Phi) is 4.47. The molecule has 2 heterocycles. The van der Waals surface area contributed by atoms with Crippen LogP contribution in [0, 0.1) is 0 Å². The van der Waals surface area contributed by atoms with Gasteiger partial charge in [-0.15, -0.1) is 0 Å². The summed E-state index contributed by atoms with van der Waals surface area (Å²) in [6, 6.07) is 1.56. The molecule has 1 aromatic rings. The van der Waals surface area contributed by atoms with Crippen LogP contribution in [0.4, 0.5) is 0 Å². The van der Waals surface area contributed by atoms with Gasteiger partial charge in [-0.05, 0) is 41.8 Å². The first kappa shape index (κ1) is 14.7. The van der Waals surface area contributed by atoms with E-state index in [-0.39, 0.29) is 16.8 Å². The first-order chi connectivity index (χ1) is 8.96. The lowest BCUT2D eigenvalue weighted by molar-refractivity contribution is 0.267. The second kappa shape index (κ2) is 5.76. The van der Waals surface area contributed by atoms with Gasteiger partial charge in [0.05, 0.1) is 7.11 Å². The van der Waals surface area contributed by atoms with Crippen LogP contribution in [-0.4, -0.2) is 37.4 Å². The highest BCUT2D eigenvalue weighted by atomic mass is 79.9. The van der Waals surface area contributed by atoms with Gasteiger partial charge in [-0.2, -0.15) is 4.31 Å². The molecule has 106 valence electrons. The number of halogens is 1. The normalized spacial score (nSPS) is 21.3. The molecule has 5 nitrogen and oxygen atoms in total. The lowest BCUT2D eigenvalue weighted by Crippen LogP contribution is -2.42. The van der Waals surface area contributed by atoms with Crippen LogP contribution >= 0.6 is 15.9 Å². The Balaban J connectivity index is 2.46. The van der Waals surface area contributed by atoms with Gasteiger partial charge in [0.15, 0.2) is 0 Å². The summed E-state index contributed by atoms with van der Waals surface area (Å²) in [6.45, 7) is 2.49. The molecule has 1 fully saturated rings. The first-order valence-electron chi connectivity index (χ1n) is 6.18.